The number of amides is 1. The second-order valence-corrected chi connectivity index (χ2v) is 7.81. The van der Waals surface area contributed by atoms with Gasteiger partial charge in [-0.05, 0) is 61.4 Å². The standard InChI is InChI=1S/C21H22N2O2S/c1-15-11-17(26-14-22)12-18-19(15)21(2,3)20(24)23(18)9-10-25-13-16-7-5-4-6-8-16/h4-8,11-12H,9-10,13H2,1-3H3. The monoisotopic (exact) mass is 366 g/mol. The maximum absolute atomic E-state index is 13.0. The highest BCUT2D eigenvalue weighted by Crippen LogP contribution is 2.45. The molecule has 0 spiro atoms. The first-order valence-electron chi connectivity index (χ1n) is 8.60. The van der Waals surface area contributed by atoms with Crippen molar-refractivity contribution in [3.63, 3.8) is 0 Å². The van der Waals surface area contributed by atoms with E-state index >= 15 is 0 Å². The second kappa shape index (κ2) is 7.53. The minimum Gasteiger partial charge on any atom is -0.375 e. The van der Waals surface area contributed by atoms with Crippen molar-refractivity contribution in [2.75, 3.05) is 18.1 Å². The van der Waals surface area contributed by atoms with E-state index in [9.17, 15) is 4.79 Å². The SMILES string of the molecule is Cc1cc(SC#N)cc2c1C(C)(C)C(=O)N2CCOCc1ccccc1. The smallest absolute Gasteiger partial charge is 0.237 e. The molecule has 0 fully saturated rings. The topological polar surface area (TPSA) is 53.3 Å². The van der Waals surface area contributed by atoms with Crippen LogP contribution in [0.4, 0.5) is 5.69 Å². The van der Waals surface area contributed by atoms with Crippen molar-refractivity contribution in [3.05, 3.63) is 59.2 Å². The fraction of sp³-hybridized carbons (Fsp3) is 0.333. The number of thioether (sulfide) groups is 1. The number of ether oxygens (including phenoxy) is 1. The highest BCUT2D eigenvalue weighted by atomic mass is 32.2. The first-order valence-corrected chi connectivity index (χ1v) is 9.41. The minimum atomic E-state index is -0.561. The average Bonchev–Trinajstić information content (AvgIpc) is 2.80. The van der Waals surface area contributed by atoms with E-state index < -0.39 is 5.41 Å². The van der Waals surface area contributed by atoms with Gasteiger partial charge in [-0.25, -0.2) is 0 Å². The van der Waals surface area contributed by atoms with E-state index in [1.54, 1.807) is 4.90 Å². The predicted molar refractivity (Wildman–Crippen MR) is 104 cm³/mol. The van der Waals surface area contributed by atoms with Crippen LogP contribution in [-0.2, 0) is 21.6 Å². The van der Waals surface area contributed by atoms with Crippen LogP contribution in [0.25, 0.3) is 0 Å². The molecule has 0 bridgehead atoms. The Kier molecular flexibility index (Phi) is 5.36. The lowest BCUT2D eigenvalue weighted by molar-refractivity contribution is -0.122. The summed E-state index contributed by atoms with van der Waals surface area (Å²) in [6.45, 7) is 7.42. The van der Waals surface area contributed by atoms with Gasteiger partial charge in [0.1, 0.15) is 5.40 Å². The van der Waals surface area contributed by atoms with Crippen LogP contribution in [0.1, 0.15) is 30.5 Å². The summed E-state index contributed by atoms with van der Waals surface area (Å²) >= 11 is 1.12. The lowest BCUT2D eigenvalue weighted by Gasteiger charge is -2.20. The molecule has 3 rings (SSSR count). The molecule has 0 unspecified atom stereocenters. The fourth-order valence-electron chi connectivity index (χ4n) is 3.57. The summed E-state index contributed by atoms with van der Waals surface area (Å²) in [7, 11) is 0. The quantitative estimate of drug-likeness (QED) is 0.432. The molecule has 0 radical (unpaired) electrons. The van der Waals surface area contributed by atoms with E-state index in [-0.39, 0.29) is 5.91 Å². The third-order valence-electron chi connectivity index (χ3n) is 4.72. The molecule has 4 nitrogen and oxygen atoms in total. The highest BCUT2D eigenvalue weighted by molar-refractivity contribution is 8.03. The van der Waals surface area contributed by atoms with E-state index in [2.05, 4.69) is 5.40 Å². The van der Waals surface area contributed by atoms with Crippen LogP contribution in [0, 0.1) is 17.6 Å². The van der Waals surface area contributed by atoms with Crippen molar-refractivity contribution in [3.8, 4) is 5.40 Å². The Morgan fingerprint density at radius 1 is 1.23 bits per heavy atom. The molecule has 0 saturated heterocycles. The van der Waals surface area contributed by atoms with Crippen LogP contribution in [0.15, 0.2) is 47.4 Å². The number of fused-ring (bicyclic) bond motifs is 1. The first-order chi connectivity index (χ1) is 12.4. The molecule has 1 heterocycles. The van der Waals surface area contributed by atoms with Crippen molar-refractivity contribution in [2.24, 2.45) is 0 Å². The van der Waals surface area contributed by atoms with Crippen LogP contribution in [-0.4, -0.2) is 19.1 Å². The summed E-state index contributed by atoms with van der Waals surface area (Å²) in [6, 6.07) is 13.9. The maximum atomic E-state index is 13.0. The number of aryl methyl sites for hydroxylation is 1. The number of carbonyl (C=O) groups is 1. The number of nitriles is 1. The summed E-state index contributed by atoms with van der Waals surface area (Å²) in [5.41, 5.74) is 3.55. The second-order valence-electron chi connectivity index (χ2n) is 6.95. The van der Waals surface area contributed by atoms with Gasteiger partial charge in [0.15, 0.2) is 0 Å². The third-order valence-corrected chi connectivity index (χ3v) is 5.28. The molecule has 0 aromatic heterocycles. The van der Waals surface area contributed by atoms with E-state index in [0.29, 0.717) is 19.8 Å². The molecule has 0 atom stereocenters. The van der Waals surface area contributed by atoms with Gasteiger partial charge < -0.3 is 9.64 Å². The molecular formula is C21H22N2O2S. The number of benzene rings is 2. The van der Waals surface area contributed by atoms with Crippen LogP contribution < -0.4 is 4.90 Å². The van der Waals surface area contributed by atoms with Crippen molar-refractivity contribution in [1.82, 2.24) is 0 Å². The highest BCUT2D eigenvalue weighted by Gasteiger charge is 2.44. The average molecular weight is 366 g/mol. The predicted octanol–water partition coefficient (Wildman–Crippen LogP) is 4.41. The van der Waals surface area contributed by atoms with Crippen LogP contribution in [0.3, 0.4) is 0 Å². The zero-order chi connectivity index (χ0) is 18.7. The van der Waals surface area contributed by atoms with Crippen molar-refractivity contribution in [1.29, 1.82) is 5.26 Å². The Balaban J connectivity index is 1.76. The molecule has 0 saturated carbocycles. The van der Waals surface area contributed by atoms with Crippen molar-refractivity contribution >= 4 is 23.4 Å². The number of anilines is 1. The molecular weight excluding hydrogens is 344 g/mol. The molecule has 0 aliphatic carbocycles. The largest absolute Gasteiger partial charge is 0.375 e. The number of nitrogens with zero attached hydrogens (tertiary/aromatic N) is 2. The normalized spacial score (nSPS) is 15.0. The molecule has 5 heteroatoms. The Morgan fingerprint density at radius 2 is 1.96 bits per heavy atom. The molecule has 1 aliphatic rings. The fourth-order valence-corrected chi connectivity index (χ4v) is 4.08. The van der Waals surface area contributed by atoms with Crippen LogP contribution >= 0.6 is 11.8 Å². The van der Waals surface area contributed by atoms with Crippen molar-refractivity contribution in [2.45, 2.75) is 37.7 Å². The van der Waals surface area contributed by atoms with Crippen LogP contribution in [0.2, 0.25) is 0 Å². The Labute approximate surface area is 158 Å². The number of carbonyl (C=O) groups excluding carboxylic acids is 1. The zero-order valence-electron chi connectivity index (χ0n) is 15.3. The van der Waals surface area contributed by atoms with Crippen molar-refractivity contribution < 1.29 is 9.53 Å². The van der Waals surface area contributed by atoms with Gasteiger partial charge in [-0.1, -0.05) is 30.3 Å². The Bertz CT molecular complexity index is 856. The number of thiocyanates is 1. The van der Waals surface area contributed by atoms with Gasteiger partial charge in [0.05, 0.1) is 18.6 Å². The minimum absolute atomic E-state index is 0.0815. The van der Waals surface area contributed by atoms with Gasteiger partial charge in [0.25, 0.3) is 0 Å². The van der Waals surface area contributed by atoms with Gasteiger partial charge in [-0.2, -0.15) is 5.26 Å². The molecule has 1 amide bonds. The molecule has 2 aromatic rings. The lowest BCUT2D eigenvalue weighted by Crippen LogP contribution is -2.38. The summed E-state index contributed by atoms with van der Waals surface area (Å²) in [4.78, 5) is 15.6. The number of hydrogen-bond donors (Lipinski definition) is 0. The zero-order valence-corrected chi connectivity index (χ0v) is 16.1. The van der Waals surface area contributed by atoms with E-state index in [1.165, 1.54) is 0 Å². The summed E-state index contributed by atoms with van der Waals surface area (Å²) < 4.78 is 5.77. The summed E-state index contributed by atoms with van der Waals surface area (Å²) in [5, 5.41) is 11.1. The van der Waals surface area contributed by atoms with Gasteiger partial charge in [-0.3, -0.25) is 4.79 Å². The Morgan fingerprint density at radius 3 is 2.65 bits per heavy atom. The van der Waals surface area contributed by atoms with Gasteiger partial charge >= 0.3 is 0 Å². The Hall–Kier alpha value is -2.29. The summed E-state index contributed by atoms with van der Waals surface area (Å²) in [5.74, 6) is 0.0815. The molecule has 134 valence electrons. The van der Waals surface area contributed by atoms with Crippen LogP contribution in [0.5, 0.6) is 0 Å². The van der Waals surface area contributed by atoms with E-state index in [0.717, 1.165) is 39.0 Å². The summed E-state index contributed by atoms with van der Waals surface area (Å²) in [6.07, 6.45) is 0. The molecule has 26 heavy (non-hydrogen) atoms. The maximum Gasteiger partial charge on any atom is 0.237 e. The number of hydrogen-bond acceptors (Lipinski definition) is 4. The molecule has 1 aliphatic heterocycles. The van der Waals surface area contributed by atoms with E-state index in [1.807, 2.05) is 63.2 Å². The lowest BCUT2D eigenvalue weighted by atomic mass is 9.83. The van der Waals surface area contributed by atoms with Gasteiger partial charge in [0, 0.05) is 17.1 Å². The third kappa shape index (κ3) is 3.48. The first kappa shape index (κ1) is 18.5. The van der Waals surface area contributed by atoms with Gasteiger partial charge in [-0.15, -0.1) is 0 Å². The molecule has 0 N–H and O–H groups in total. The number of rotatable bonds is 6. The van der Waals surface area contributed by atoms with Gasteiger partial charge in [0.2, 0.25) is 5.91 Å². The van der Waals surface area contributed by atoms with E-state index in [4.69, 9.17) is 10.00 Å². The molecule has 2 aromatic carbocycles.